The monoisotopic (exact) mass is 243 g/mol. The van der Waals surface area contributed by atoms with Crippen LogP contribution in [-0.2, 0) is 9.84 Å². The van der Waals surface area contributed by atoms with Gasteiger partial charge in [-0.3, -0.25) is 9.89 Å². The molecule has 0 spiro atoms. The van der Waals surface area contributed by atoms with Crippen LogP contribution in [0.25, 0.3) is 0 Å². The molecule has 1 aliphatic rings. The van der Waals surface area contributed by atoms with Crippen LogP contribution in [0.5, 0.6) is 0 Å². The van der Waals surface area contributed by atoms with E-state index in [2.05, 4.69) is 15.5 Å². The molecule has 1 aromatic heterocycles. The van der Waals surface area contributed by atoms with Gasteiger partial charge in [-0.05, 0) is 12.8 Å². The number of amides is 1. The molecular weight excluding hydrogens is 230 g/mol. The molecule has 0 radical (unpaired) electrons. The number of hydrogen-bond acceptors (Lipinski definition) is 4. The van der Waals surface area contributed by atoms with E-state index in [0.717, 1.165) is 0 Å². The summed E-state index contributed by atoms with van der Waals surface area (Å²) in [5, 5.41) is 9.03. The van der Waals surface area contributed by atoms with Crippen LogP contribution in [0.2, 0.25) is 0 Å². The zero-order valence-corrected chi connectivity index (χ0v) is 9.46. The minimum atomic E-state index is -2.88. The summed E-state index contributed by atoms with van der Waals surface area (Å²) >= 11 is 0. The van der Waals surface area contributed by atoms with Gasteiger partial charge < -0.3 is 5.32 Å². The predicted octanol–water partition coefficient (Wildman–Crippen LogP) is -0.283. The first-order valence-corrected chi connectivity index (χ1v) is 6.89. The lowest BCUT2D eigenvalue weighted by molar-refractivity contribution is 0.0934. The minimum absolute atomic E-state index is 0.0501. The van der Waals surface area contributed by atoms with E-state index >= 15 is 0 Å². The van der Waals surface area contributed by atoms with E-state index in [1.54, 1.807) is 0 Å². The number of H-pyrrole nitrogens is 1. The minimum Gasteiger partial charge on any atom is -0.349 e. The average Bonchev–Trinajstić information content (AvgIpc) is 2.74. The number of sulfone groups is 1. The van der Waals surface area contributed by atoms with Crippen LogP contribution in [0, 0.1) is 0 Å². The molecule has 2 rings (SSSR count). The summed E-state index contributed by atoms with van der Waals surface area (Å²) in [6, 6.07) is -0.0501. The van der Waals surface area contributed by atoms with Gasteiger partial charge in [-0.15, -0.1) is 0 Å². The number of hydrogen-bond donors (Lipinski definition) is 2. The lowest BCUT2D eigenvalue weighted by atomic mass is 10.1. The summed E-state index contributed by atoms with van der Waals surface area (Å²) in [7, 11) is -2.88. The third-order valence-corrected chi connectivity index (χ3v) is 4.37. The Bertz CT molecular complexity index is 452. The van der Waals surface area contributed by atoms with Crippen LogP contribution in [0.1, 0.15) is 23.2 Å². The molecule has 0 bridgehead atoms. The van der Waals surface area contributed by atoms with Crippen molar-refractivity contribution in [2.75, 3.05) is 11.5 Å². The second-order valence-corrected chi connectivity index (χ2v) is 6.19. The summed E-state index contributed by atoms with van der Waals surface area (Å²) in [6.07, 6.45) is 3.93. The molecule has 7 heteroatoms. The quantitative estimate of drug-likeness (QED) is 0.747. The van der Waals surface area contributed by atoms with Crippen molar-refractivity contribution in [3.63, 3.8) is 0 Å². The van der Waals surface area contributed by atoms with Gasteiger partial charge in [0.1, 0.15) is 9.84 Å². The number of rotatable bonds is 2. The third-order valence-electron chi connectivity index (χ3n) is 2.65. The highest BCUT2D eigenvalue weighted by Crippen LogP contribution is 2.12. The third kappa shape index (κ3) is 2.60. The zero-order valence-electron chi connectivity index (χ0n) is 8.64. The second kappa shape index (κ2) is 4.25. The average molecular weight is 243 g/mol. The zero-order chi connectivity index (χ0) is 11.6. The fourth-order valence-electron chi connectivity index (χ4n) is 1.68. The highest BCUT2D eigenvalue weighted by Gasteiger charge is 2.24. The van der Waals surface area contributed by atoms with Gasteiger partial charge >= 0.3 is 0 Å². The van der Waals surface area contributed by atoms with Crippen molar-refractivity contribution in [2.24, 2.45) is 0 Å². The Balaban J connectivity index is 1.90. The van der Waals surface area contributed by atoms with E-state index in [4.69, 9.17) is 0 Å². The Hall–Kier alpha value is -1.37. The van der Waals surface area contributed by atoms with Gasteiger partial charge in [0.2, 0.25) is 0 Å². The van der Waals surface area contributed by atoms with Crippen molar-refractivity contribution in [3.05, 3.63) is 18.0 Å². The van der Waals surface area contributed by atoms with Crippen LogP contribution in [-0.4, -0.2) is 42.1 Å². The molecule has 0 unspecified atom stereocenters. The van der Waals surface area contributed by atoms with Crippen molar-refractivity contribution < 1.29 is 13.2 Å². The molecule has 1 aliphatic heterocycles. The van der Waals surface area contributed by atoms with Crippen LogP contribution in [0.15, 0.2) is 12.4 Å². The Morgan fingerprint density at radius 3 is 2.69 bits per heavy atom. The smallest absolute Gasteiger partial charge is 0.254 e. The summed E-state index contributed by atoms with van der Waals surface area (Å²) < 4.78 is 22.4. The molecule has 1 amide bonds. The lowest BCUT2D eigenvalue weighted by Crippen LogP contribution is -2.40. The topological polar surface area (TPSA) is 91.9 Å². The molecular formula is C9H13N3O3S. The number of nitrogens with one attached hydrogen (secondary N) is 2. The van der Waals surface area contributed by atoms with Crippen molar-refractivity contribution in [2.45, 2.75) is 18.9 Å². The Labute approximate surface area is 93.3 Å². The number of carbonyl (C=O) groups excluding carboxylic acids is 1. The molecule has 2 N–H and O–H groups in total. The summed E-state index contributed by atoms with van der Waals surface area (Å²) in [5.74, 6) is 0.102. The molecule has 0 aliphatic carbocycles. The van der Waals surface area contributed by atoms with Crippen LogP contribution in [0.4, 0.5) is 0 Å². The maximum absolute atomic E-state index is 11.6. The summed E-state index contributed by atoms with van der Waals surface area (Å²) in [6.45, 7) is 0. The molecule has 1 aromatic rings. The normalized spacial score (nSPS) is 20.5. The van der Waals surface area contributed by atoms with Gasteiger partial charge in [0.05, 0.1) is 23.3 Å². The Morgan fingerprint density at radius 2 is 2.12 bits per heavy atom. The first-order valence-electron chi connectivity index (χ1n) is 5.07. The first-order chi connectivity index (χ1) is 7.57. The van der Waals surface area contributed by atoms with E-state index < -0.39 is 9.84 Å². The van der Waals surface area contributed by atoms with E-state index in [9.17, 15) is 13.2 Å². The van der Waals surface area contributed by atoms with E-state index in [-0.39, 0.29) is 23.5 Å². The lowest BCUT2D eigenvalue weighted by Gasteiger charge is -2.22. The fourth-order valence-corrected chi connectivity index (χ4v) is 3.17. The van der Waals surface area contributed by atoms with Gasteiger partial charge in [-0.25, -0.2) is 8.42 Å². The number of aromatic nitrogens is 2. The maximum Gasteiger partial charge on any atom is 0.254 e. The van der Waals surface area contributed by atoms with Gasteiger partial charge in [-0.2, -0.15) is 5.10 Å². The van der Waals surface area contributed by atoms with Crippen LogP contribution < -0.4 is 5.32 Å². The van der Waals surface area contributed by atoms with E-state index in [0.29, 0.717) is 18.4 Å². The molecule has 6 nitrogen and oxygen atoms in total. The maximum atomic E-state index is 11.6. The van der Waals surface area contributed by atoms with Gasteiger partial charge in [0.15, 0.2) is 0 Å². The second-order valence-electron chi connectivity index (χ2n) is 3.89. The molecule has 1 fully saturated rings. The molecule has 88 valence electrons. The SMILES string of the molecule is O=C(NC1CCS(=O)(=O)CC1)c1cn[nH]c1. The van der Waals surface area contributed by atoms with Gasteiger partial charge in [0, 0.05) is 12.2 Å². The number of aromatic amines is 1. The summed E-state index contributed by atoms with van der Waals surface area (Å²) in [4.78, 5) is 11.6. The highest BCUT2D eigenvalue weighted by atomic mass is 32.2. The standard InChI is InChI=1S/C9H13N3O3S/c13-9(7-5-10-11-6-7)12-8-1-3-16(14,15)4-2-8/h5-6,8H,1-4H2,(H,10,11)(H,12,13). The van der Waals surface area contributed by atoms with Crippen molar-refractivity contribution >= 4 is 15.7 Å². The first kappa shape index (κ1) is 11.1. The number of carbonyl (C=O) groups is 1. The molecule has 2 heterocycles. The molecule has 1 saturated heterocycles. The Morgan fingerprint density at radius 1 is 1.44 bits per heavy atom. The molecule has 0 aromatic carbocycles. The fraction of sp³-hybridized carbons (Fsp3) is 0.556. The summed E-state index contributed by atoms with van der Waals surface area (Å²) in [5.41, 5.74) is 0.466. The molecule has 16 heavy (non-hydrogen) atoms. The highest BCUT2D eigenvalue weighted by molar-refractivity contribution is 7.91. The van der Waals surface area contributed by atoms with Crippen molar-refractivity contribution in [1.82, 2.24) is 15.5 Å². The molecule has 0 saturated carbocycles. The largest absolute Gasteiger partial charge is 0.349 e. The van der Waals surface area contributed by atoms with E-state index in [1.165, 1.54) is 12.4 Å². The molecule has 0 atom stereocenters. The predicted molar refractivity (Wildman–Crippen MR) is 57.7 cm³/mol. The van der Waals surface area contributed by atoms with Crippen LogP contribution in [0.3, 0.4) is 0 Å². The van der Waals surface area contributed by atoms with Crippen molar-refractivity contribution in [3.8, 4) is 0 Å². The van der Waals surface area contributed by atoms with E-state index in [1.807, 2.05) is 0 Å². The van der Waals surface area contributed by atoms with Crippen molar-refractivity contribution in [1.29, 1.82) is 0 Å². The Kier molecular flexibility index (Phi) is 2.95. The van der Waals surface area contributed by atoms with Gasteiger partial charge in [-0.1, -0.05) is 0 Å². The number of nitrogens with zero attached hydrogens (tertiary/aromatic N) is 1. The van der Waals surface area contributed by atoms with Gasteiger partial charge in [0.25, 0.3) is 5.91 Å². The van der Waals surface area contributed by atoms with Crippen LogP contribution >= 0.6 is 0 Å².